The van der Waals surface area contributed by atoms with Crippen molar-refractivity contribution in [3.05, 3.63) is 53.6 Å². The van der Waals surface area contributed by atoms with E-state index in [1.807, 2.05) is 25.3 Å². The third-order valence-electron chi connectivity index (χ3n) is 3.22. The van der Waals surface area contributed by atoms with E-state index in [2.05, 4.69) is 10.1 Å². The van der Waals surface area contributed by atoms with E-state index in [4.69, 9.17) is 15.6 Å². The van der Waals surface area contributed by atoms with Crippen LogP contribution in [0.2, 0.25) is 0 Å². The van der Waals surface area contributed by atoms with Gasteiger partial charge in [-0.15, -0.1) is 0 Å². The number of hydrogen-bond donors (Lipinski definition) is 2. The van der Waals surface area contributed by atoms with Gasteiger partial charge in [0.2, 0.25) is 0 Å². The SMILES string of the molecule is Cc1nc(N)sc1-c1ccn(Cc2ccccc2F)n1.O=C(O)C(F)(F)F. The molecule has 2 heterocycles. The third kappa shape index (κ3) is 5.51. The molecule has 0 saturated heterocycles. The lowest BCUT2D eigenvalue weighted by atomic mass is 10.2. The lowest BCUT2D eigenvalue weighted by Gasteiger charge is -2.03. The molecule has 0 aliphatic heterocycles. The molecule has 0 radical (unpaired) electrons. The van der Waals surface area contributed by atoms with E-state index in [-0.39, 0.29) is 5.82 Å². The van der Waals surface area contributed by atoms with Crippen molar-refractivity contribution in [1.29, 1.82) is 0 Å². The van der Waals surface area contributed by atoms with Crippen LogP contribution in [0.3, 0.4) is 0 Å². The molecular formula is C16H14F4N4O2S. The summed E-state index contributed by atoms with van der Waals surface area (Å²) < 4.78 is 47.1. The fraction of sp³-hybridized carbons (Fsp3) is 0.188. The summed E-state index contributed by atoms with van der Waals surface area (Å²) in [5, 5.41) is 12.1. The number of nitrogens with two attached hydrogens (primary N) is 1. The Labute approximate surface area is 154 Å². The molecule has 0 aliphatic carbocycles. The first kappa shape index (κ1) is 20.4. The van der Waals surface area contributed by atoms with Gasteiger partial charge in [0, 0.05) is 11.8 Å². The highest BCUT2D eigenvalue weighted by atomic mass is 32.1. The summed E-state index contributed by atoms with van der Waals surface area (Å²) in [5.74, 6) is -2.98. The highest BCUT2D eigenvalue weighted by Crippen LogP contribution is 2.29. The van der Waals surface area contributed by atoms with Crippen molar-refractivity contribution in [3.8, 4) is 10.6 Å². The van der Waals surface area contributed by atoms with Gasteiger partial charge in [-0.25, -0.2) is 14.2 Å². The molecule has 144 valence electrons. The zero-order valence-corrected chi connectivity index (χ0v) is 14.7. The molecule has 3 aromatic rings. The van der Waals surface area contributed by atoms with Gasteiger partial charge in [0.1, 0.15) is 11.5 Å². The Morgan fingerprint density at radius 3 is 2.44 bits per heavy atom. The van der Waals surface area contributed by atoms with Crippen LogP contribution in [0.4, 0.5) is 22.7 Å². The number of rotatable bonds is 3. The zero-order valence-electron chi connectivity index (χ0n) is 13.9. The van der Waals surface area contributed by atoms with Crippen molar-refractivity contribution in [1.82, 2.24) is 14.8 Å². The topological polar surface area (TPSA) is 94.0 Å². The standard InChI is InChI=1S/C14H13FN4S.C2HF3O2/c1-9-13(20-14(16)17-9)12-6-7-19(18-12)8-10-4-2-3-5-11(10)15;3-2(4,5)1(6)7/h2-7H,8H2,1H3,(H2,16,17);(H,6,7). The monoisotopic (exact) mass is 402 g/mol. The molecule has 3 N–H and O–H groups in total. The van der Waals surface area contributed by atoms with E-state index in [9.17, 15) is 17.6 Å². The van der Waals surface area contributed by atoms with E-state index in [1.54, 1.807) is 16.8 Å². The number of hydrogen-bond acceptors (Lipinski definition) is 5. The van der Waals surface area contributed by atoms with E-state index >= 15 is 0 Å². The molecule has 0 unspecified atom stereocenters. The number of aliphatic carboxylic acids is 1. The molecule has 3 rings (SSSR count). The molecule has 27 heavy (non-hydrogen) atoms. The molecule has 0 atom stereocenters. The third-order valence-corrected chi connectivity index (χ3v) is 4.23. The normalized spacial score (nSPS) is 11.0. The van der Waals surface area contributed by atoms with E-state index in [0.29, 0.717) is 17.2 Å². The highest BCUT2D eigenvalue weighted by molar-refractivity contribution is 7.18. The summed E-state index contributed by atoms with van der Waals surface area (Å²) >= 11 is 1.41. The Morgan fingerprint density at radius 2 is 1.93 bits per heavy atom. The van der Waals surface area contributed by atoms with Gasteiger partial charge in [0.05, 0.1) is 17.1 Å². The molecule has 1 aromatic carbocycles. The molecular weight excluding hydrogens is 388 g/mol. The molecule has 0 amide bonds. The fourth-order valence-electron chi connectivity index (χ4n) is 2.03. The van der Waals surface area contributed by atoms with Gasteiger partial charge in [-0.3, -0.25) is 4.68 Å². The Morgan fingerprint density at radius 1 is 1.30 bits per heavy atom. The van der Waals surface area contributed by atoms with Crippen molar-refractivity contribution in [2.24, 2.45) is 0 Å². The van der Waals surface area contributed by atoms with Crippen LogP contribution in [0.5, 0.6) is 0 Å². The van der Waals surface area contributed by atoms with Gasteiger partial charge in [-0.2, -0.15) is 18.3 Å². The van der Waals surface area contributed by atoms with Gasteiger partial charge < -0.3 is 10.8 Å². The molecule has 0 aliphatic rings. The maximum Gasteiger partial charge on any atom is 0.490 e. The molecule has 0 bridgehead atoms. The van der Waals surface area contributed by atoms with Crippen LogP contribution in [-0.2, 0) is 11.3 Å². The smallest absolute Gasteiger partial charge is 0.475 e. The second-order valence-electron chi connectivity index (χ2n) is 5.26. The number of aromatic nitrogens is 3. The average molecular weight is 402 g/mol. The van der Waals surface area contributed by atoms with Crippen LogP contribution in [-0.4, -0.2) is 32.0 Å². The zero-order chi connectivity index (χ0) is 20.2. The van der Waals surface area contributed by atoms with Gasteiger partial charge in [0.15, 0.2) is 5.13 Å². The summed E-state index contributed by atoms with van der Waals surface area (Å²) in [6.07, 6.45) is -3.25. The van der Waals surface area contributed by atoms with Crippen molar-refractivity contribution >= 4 is 22.4 Å². The van der Waals surface area contributed by atoms with Crippen LogP contribution in [0, 0.1) is 12.7 Å². The minimum Gasteiger partial charge on any atom is -0.475 e. The van der Waals surface area contributed by atoms with E-state index in [1.165, 1.54) is 17.4 Å². The summed E-state index contributed by atoms with van der Waals surface area (Å²) in [6.45, 7) is 2.30. The minimum absolute atomic E-state index is 0.220. The lowest BCUT2D eigenvalue weighted by Crippen LogP contribution is -2.21. The first-order valence-electron chi connectivity index (χ1n) is 7.38. The van der Waals surface area contributed by atoms with Crippen LogP contribution in [0.25, 0.3) is 10.6 Å². The second-order valence-corrected chi connectivity index (χ2v) is 6.29. The Hall–Kier alpha value is -2.95. The van der Waals surface area contributed by atoms with Gasteiger partial charge in [-0.05, 0) is 19.1 Å². The number of carbonyl (C=O) groups is 1. The van der Waals surface area contributed by atoms with Crippen LogP contribution in [0.15, 0.2) is 36.5 Å². The lowest BCUT2D eigenvalue weighted by molar-refractivity contribution is -0.192. The first-order valence-corrected chi connectivity index (χ1v) is 8.20. The maximum atomic E-state index is 13.6. The van der Waals surface area contributed by atoms with Crippen LogP contribution >= 0.6 is 11.3 Å². The number of nitrogens with zero attached hydrogens (tertiary/aromatic N) is 3. The molecule has 2 aromatic heterocycles. The van der Waals surface area contributed by atoms with E-state index < -0.39 is 12.1 Å². The van der Waals surface area contributed by atoms with Crippen LogP contribution < -0.4 is 5.73 Å². The predicted molar refractivity (Wildman–Crippen MR) is 91.7 cm³/mol. The highest BCUT2D eigenvalue weighted by Gasteiger charge is 2.38. The number of nitrogen functional groups attached to an aromatic ring is 1. The number of aryl methyl sites for hydroxylation is 1. The number of halogens is 4. The summed E-state index contributed by atoms with van der Waals surface area (Å²) in [4.78, 5) is 14.0. The number of carboxylic acid groups (broad SMARTS) is 1. The quantitative estimate of drug-likeness (QED) is 0.652. The Kier molecular flexibility index (Phi) is 6.16. The van der Waals surface area contributed by atoms with Gasteiger partial charge >= 0.3 is 12.1 Å². The average Bonchev–Trinajstić information content (AvgIpc) is 3.15. The maximum absolute atomic E-state index is 13.6. The van der Waals surface area contributed by atoms with Gasteiger partial charge in [0.25, 0.3) is 0 Å². The van der Waals surface area contributed by atoms with Gasteiger partial charge in [-0.1, -0.05) is 29.5 Å². The van der Waals surface area contributed by atoms with E-state index in [0.717, 1.165) is 16.3 Å². The second kappa shape index (κ2) is 8.16. The largest absolute Gasteiger partial charge is 0.490 e. The summed E-state index contributed by atoms with van der Waals surface area (Å²) in [6, 6.07) is 8.59. The number of alkyl halides is 3. The van der Waals surface area contributed by atoms with Crippen LogP contribution in [0.1, 0.15) is 11.3 Å². The fourth-order valence-corrected chi connectivity index (χ4v) is 2.83. The molecule has 11 heteroatoms. The summed E-state index contributed by atoms with van der Waals surface area (Å²) in [5.41, 5.74) is 7.98. The Bertz CT molecular complexity index is 937. The predicted octanol–water partition coefficient (Wildman–Crippen LogP) is 3.72. The molecule has 6 nitrogen and oxygen atoms in total. The van der Waals surface area contributed by atoms with Crippen molar-refractivity contribution in [3.63, 3.8) is 0 Å². The van der Waals surface area contributed by atoms with Crippen molar-refractivity contribution < 1.29 is 27.5 Å². The number of anilines is 1. The molecule has 0 spiro atoms. The minimum atomic E-state index is -5.08. The molecule has 0 saturated carbocycles. The number of thiazole rings is 1. The summed E-state index contributed by atoms with van der Waals surface area (Å²) in [7, 11) is 0. The Balaban J connectivity index is 0.000000321. The number of benzene rings is 1. The number of carboxylic acids is 1. The molecule has 0 fully saturated rings. The van der Waals surface area contributed by atoms with Crippen molar-refractivity contribution in [2.75, 3.05) is 5.73 Å². The van der Waals surface area contributed by atoms with Crippen molar-refractivity contribution in [2.45, 2.75) is 19.6 Å². The first-order chi connectivity index (χ1) is 12.6.